The molecular weight excluding hydrogens is 335 g/mol. The summed E-state index contributed by atoms with van der Waals surface area (Å²) in [6.45, 7) is -1.47. The molecule has 0 spiro atoms. The molecule has 0 heterocycles. The van der Waals surface area contributed by atoms with E-state index in [1.165, 1.54) is 6.07 Å². The molecule has 10 heteroatoms. The Balaban J connectivity index is 2.67. The molecule has 104 valence electrons. The molecule has 0 bridgehead atoms. The zero-order valence-corrected chi connectivity index (χ0v) is 10.7. The number of rotatable bonds is 3. The van der Waals surface area contributed by atoms with Gasteiger partial charge in [0.05, 0.1) is 10.6 Å². The van der Waals surface area contributed by atoms with Crippen LogP contribution in [-0.2, 0) is 0 Å². The van der Waals surface area contributed by atoms with E-state index >= 15 is 0 Å². The summed E-state index contributed by atoms with van der Waals surface area (Å²) in [6.07, 6.45) is -4.51. The molecule has 2 amide bonds. The number of carbonyl (C=O) groups excluding carboxylic acids is 1. The van der Waals surface area contributed by atoms with Crippen molar-refractivity contribution in [1.29, 1.82) is 0 Å². The van der Waals surface area contributed by atoms with Crippen LogP contribution in [0.5, 0.6) is 0 Å². The summed E-state index contributed by atoms with van der Waals surface area (Å²) in [5.74, 6) is 0. The Morgan fingerprint density at radius 1 is 1.42 bits per heavy atom. The van der Waals surface area contributed by atoms with Crippen LogP contribution in [0.4, 0.5) is 29.3 Å². The molecule has 1 rings (SSSR count). The Kier molecular flexibility index (Phi) is 4.70. The van der Waals surface area contributed by atoms with E-state index in [-0.39, 0.29) is 15.8 Å². The number of non-ortho nitro benzene ring substituents is 1. The Hall–Kier alpha value is -1.84. The fourth-order valence-electron chi connectivity index (χ4n) is 1.07. The van der Waals surface area contributed by atoms with Crippen molar-refractivity contribution in [2.75, 3.05) is 11.9 Å². The van der Waals surface area contributed by atoms with E-state index in [0.29, 0.717) is 0 Å². The van der Waals surface area contributed by atoms with Crippen LogP contribution in [0.3, 0.4) is 0 Å². The molecule has 6 nitrogen and oxygen atoms in total. The summed E-state index contributed by atoms with van der Waals surface area (Å²) >= 11 is 2.97. The highest BCUT2D eigenvalue weighted by molar-refractivity contribution is 9.10. The molecule has 2 N–H and O–H groups in total. The van der Waals surface area contributed by atoms with Crippen LogP contribution in [0.15, 0.2) is 22.7 Å². The van der Waals surface area contributed by atoms with Crippen molar-refractivity contribution in [3.63, 3.8) is 0 Å². The zero-order chi connectivity index (χ0) is 14.6. The van der Waals surface area contributed by atoms with E-state index in [1.54, 1.807) is 5.32 Å². The van der Waals surface area contributed by atoms with Gasteiger partial charge in [-0.1, -0.05) is 0 Å². The number of anilines is 1. The maximum atomic E-state index is 11.8. The summed E-state index contributed by atoms with van der Waals surface area (Å²) in [5, 5.41) is 14.2. The van der Waals surface area contributed by atoms with Gasteiger partial charge in [-0.2, -0.15) is 13.2 Å². The van der Waals surface area contributed by atoms with Crippen molar-refractivity contribution in [3.8, 4) is 0 Å². The van der Waals surface area contributed by atoms with Crippen LogP contribution in [0.2, 0.25) is 0 Å². The van der Waals surface area contributed by atoms with Gasteiger partial charge >= 0.3 is 12.2 Å². The minimum Gasteiger partial charge on any atom is -0.329 e. The SMILES string of the molecule is O=C(NCC(F)(F)F)Nc1ccc([N+](=O)[O-])cc1Br. The second kappa shape index (κ2) is 5.87. The molecule has 0 aliphatic carbocycles. The van der Waals surface area contributed by atoms with Crippen LogP contribution in [0.1, 0.15) is 0 Å². The van der Waals surface area contributed by atoms with Crippen LogP contribution in [-0.4, -0.2) is 23.7 Å². The first-order valence-electron chi connectivity index (χ1n) is 4.74. The van der Waals surface area contributed by atoms with Crippen LogP contribution in [0.25, 0.3) is 0 Å². The van der Waals surface area contributed by atoms with Crippen LogP contribution < -0.4 is 10.6 Å². The Bertz CT molecular complexity index is 507. The molecule has 0 saturated heterocycles. The predicted octanol–water partition coefficient (Wildman–Crippen LogP) is 3.04. The number of alkyl halides is 3. The lowest BCUT2D eigenvalue weighted by molar-refractivity contribution is -0.384. The van der Waals surface area contributed by atoms with E-state index in [2.05, 4.69) is 21.2 Å². The van der Waals surface area contributed by atoms with Gasteiger partial charge in [-0.25, -0.2) is 4.79 Å². The average Bonchev–Trinajstić information content (AvgIpc) is 2.28. The van der Waals surface area contributed by atoms with Gasteiger partial charge in [0.2, 0.25) is 0 Å². The first-order chi connectivity index (χ1) is 8.69. The van der Waals surface area contributed by atoms with Gasteiger partial charge < -0.3 is 10.6 Å². The molecule has 0 fully saturated rings. The molecule has 0 unspecified atom stereocenters. The molecule has 0 aliphatic heterocycles. The Morgan fingerprint density at radius 3 is 2.53 bits per heavy atom. The number of nitro benzene ring substituents is 1. The maximum absolute atomic E-state index is 11.8. The van der Waals surface area contributed by atoms with Gasteiger partial charge in [0.15, 0.2) is 0 Å². The zero-order valence-electron chi connectivity index (χ0n) is 9.12. The number of carbonyl (C=O) groups is 1. The second-order valence-electron chi connectivity index (χ2n) is 3.34. The first kappa shape index (κ1) is 15.2. The molecule has 1 aromatic rings. The number of nitrogens with zero attached hydrogens (tertiary/aromatic N) is 1. The second-order valence-corrected chi connectivity index (χ2v) is 4.20. The number of benzene rings is 1. The van der Waals surface area contributed by atoms with E-state index in [9.17, 15) is 28.1 Å². The molecule has 19 heavy (non-hydrogen) atoms. The smallest absolute Gasteiger partial charge is 0.329 e. The molecule has 0 radical (unpaired) electrons. The normalized spacial score (nSPS) is 10.9. The minimum absolute atomic E-state index is 0.116. The first-order valence-corrected chi connectivity index (χ1v) is 5.54. The highest BCUT2D eigenvalue weighted by Crippen LogP contribution is 2.27. The summed E-state index contributed by atoms with van der Waals surface area (Å²) in [4.78, 5) is 21.0. The van der Waals surface area contributed by atoms with E-state index in [4.69, 9.17) is 0 Å². The van der Waals surface area contributed by atoms with Crippen molar-refractivity contribution in [1.82, 2.24) is 5.32 Å². The van der Waals surface area contributed by atoms with Crippen molar-refractivity contribution < 1.29 is 22.9 Å². The van der Waals surface area contributed by atoms with Gasteiger partial charge in [-0.3, -0.25) is 10.1 Å². The molecule has 0 aromatic heterocycles. The molecule has 0 aliphatic rings. The van der Waals surface area contributed by atoms with Gasteiger partial charge in [0, 0.05) is 16.6 Å². The molecule has 0 saturated carbocycles. The van der Waals surface area contributed by atoms with E-state index in [1.807, 2.05) is 0 Å². The Labute approximate surface area is 113 Å². The van der Waals surface area contributed by atoms with Crippen molar-refractivity contribution >= 4 is 33.3 Å². The standard InChI is InChI=1S/C9H7BrF3N3O3/c10-6-3-5(16(18)19)1-2-7(6)15-8(17)14-4-9(11,12)13/h1-3H,4H2,(H2,14,15,17). The van der Waals surface area contributed by atoms with E-state index in [0.717, 1.165) is 12.1 Å². The molecule has 0 atom stereocenters. The van der Waals surface area contributed by atoms with Crippen LogP contribution >= 0.6 is 15.9 Å². The lowest BCUT2D eigenvalue weighted by Gasteiger charge is -2.10. The molecular formula is C9H7BrF3N3O3. The summed E-state index contributed by atoms with van der Waals surface area (Å²) in [5.41, 5.74) is -0.0987. The lowest BCUT2D eigenvalue weighted by atomic mass is 10.3. The predicted molar refractivity (Wildman–Crippen MR) is 63.9 cm³/mol. The van der Waals surface area contributed by atoms with Gasteiger partial charge in [-0.15, -0.1) is 0 Å². The number of amides is 2. The number of halogens is 4. The van der Waals surface area contributed by atoms with Crippen LogP contribution in [0, 0.1) is 10.1 Å². The van der Waals surface area contributed by atoms with Gasteiger partial charge in [0.25, 0.3) is 5.69 Å². The summed E-state index contributed by atoms with van der Waals surface area (Å²) < 4.78 is 35.7. The minimum atomic E-state index is -4.51. The van der Waals surface area contributed by atoms with Crippen molar-refractivity contribution in [3.05, 3.63) is 32.8 Å². The fraction of sp³-hybridized carbons (Fsp3) is 0.222. The number of nitrogens with one attached hydrogen (secondary N) is 2. The quantitative estimate of drug-likeness (QED) is 0.654. The van der Waals surface area contributed by atoms with Crippen molar-refractivity contribution in [2.45, 2.75) is 6.18 Å². The highest BCUT2D eigenvalue weighted by atomic mass is 79.9. The highest BCUT2D eigenvalue weighted by Gasteiger charge is 2.27. The van der Waals surface area contributed by atoms with E-state index < -0.39 is 23.7 Å². The largest absolute Gasteiger partial charge is 0.405 e. The third-order valence-corrected chi connectivity index (χ3v) is 2.52. The topological polar surface area (TPSA) is 84.3 Å². The third kappa shape index (κ3) is 5.12. The third-order valence-electron chi connectivity index (χ3n) is 1.86. The molecule has 1 aromatic carbocycles. The summed E-state index contributed by atoms with van der Waals surface area (Å²) in [7, 11) is 0. The van der Waals surface area contributed by atoms with Gasteiger partial charge in [-0.05, 0) is 22.0 Å². The fourth-order valence-corrected chi connectivity index (χ4v) is 1.53. The number of urea groups is 1. The number of nitro groups is 1. The monoisotopic (exact) mass is 341 g/mol. The summed E-state index contributed by atoms with van der Waals surface area (Å²) in [6, 6.07) is 2.38. The average molecular weight is 342 g/mol. The maximum Gasteiger partial charge on any atom is 0.405 e. The number of hydrogen-bond acceptors (Lipinski definition) is 3. The Morgan fingerprint density at radius 2 is 2.05 bits per heavy atom. The lowest BCUT2D eigenvalue weighted by Crippen LogP contribution is -2.36. The van der Waals surface area contributed by atoms with Crippen molar-refractivity contribution in [2.24, 2.45) is 0 Å². The number of hydrogen-bond donors (Lipinski definition) is 2. The van der Waals surface area contributed by atoms with Gasteiger partial charge in [0.1, 0.15) is 6.54 Å².